The van der Waals surface area contributed by atoms with Crippen molar-refractivity contribution < 1.29 is 13.2 Å². The molecule has 2 heterocycles. The smallest absolute Gasteiger partial charge is 0.257 e. The highest BCUT2D eigenvalue weighted by atomic mass is 32.2. The van der Waals surface area contributed by atoms with Gasteiger partial charge in [0.25, 0.3) is 5.91 Å². The summed E-state index contributed by atoms with van der Waals surface area (Å²) in [7, 11) is -3.12. The summed E-state index contributed by atoms with van der Waals surface area (Å²) >= 11 is 0. The van der Waals surface area contributed by atoms with Gasteiger partial charge in [0, 0.05) is 49.9 Å². The van der Waals surface area contributed by atoms with Gasteiger partial charge in [-0.3, -0.25) is 9.78 Å². The summed E-state index contributed by atoms with van der Waals surface area (Å²) in [5.41, 5.74) is 2.22. The molecule has 1 N–H and O–H groups in total. The van der Waals surface area contributed by atoms with Gasteiger partial charge in [-0.05, 0) is 43.3 Å². The summed E-state index contributed by atoms with van der Waals surface area (Å²) in [6.07, 6.45) is 3.14. The first kappa shape index (κ1) is 18.3. The maximum atomic E-state index is 12.1. The summed E-state index contributed by atoms with van der Waals surface area (Å²) in [5, 5.41) is 2.84. The van der Waals surface area contributed by atoms with Crippen LogP contribution in [0, 0.1) is 0 Å². The van der Waals surface area contributed by atoms with E-state index in [2.05, 4.69) is 15.2 Å². The number of benzene rings is 1. The van der Waals surface area contributed by atoms with Gasteiger partial charge in [0.05, 0.1) is 11.3 Å². The first-order valence-corrected chi connectivity index (χ1v) is 10.1. The lowest BCUT2D eigenvalue weighted by Crippen LogP contribution is -2.49. The number of anilines is 2. The average molecular weight is 374 g/mol. The normalized spacial score (nSPS) is 15.7. The molecule has 0 saturated carbocycles. The zero-order valence-corrected chi connectivity index (χ0v) is 15.4. The Bertz CT molecular complexity index is 846. The molecular formula is C18H22N4O3S. The Hall–Kier alpha value is -2.45. The van der Waals surface area contributed by atoms with Gasteiger partial charge in [0.1, 0.15) is 0 Å². The highest BCUT2D eigenvalue weighted by Crippen LogP contribution is 2.21. The number of rotatable bonds is 5. The van der Waals surface area contributed by atoms with Crippen molar-refractivity contribution in [1.29, 1.82) is 0 Å². The van der Waals surface area contributed by atoms with Crippen LogP contribution in [0.4, 0.5) is 11.4 Å². The van der Waals surface area contributed by atoms with Crippen molar-refractivity contribution in [3.63, 3.8) is 0 Å². The molecule has 0 aliphatic carbocycles. The van der Waals surface area contributed by atoms with E-state index in [9.17, 15) is 13.2 Å². The summed E-state index contributed by atoms with van der Waals surface area (Å²) in [6, 6.07) is 11.0. The molecule has 7 nitrogen and oxygen atoms in total. The number of amides is 1. The van der Waals surface area contributed by atoms with Crippen molar-refractivity contribution in [3.8, 4) is 0 Å². The van der Waals surface area contributed by atoms with Crippen molar-refractivity contribution in [2.24, 2.45) is 0 Å². The molecule has 1 saturated heterocycles. The molecule has 1 fully saturated rings. The molecule has 138 valence electrons. The number of hydrogen-bond acceptors (Lipinski definition) is 5. The van der Waals surface area contributed by atoms with E-state index in [4.69, 9.17) is 0 Å². The third-order valence-corrected chi connectivity index (χ3v) is 6.29. The molecule has 1 aliphatic rings. The van der Waals surface area contributed by atoms with Crippen molar-refractivity contribution >= 4 is 27.3 Å². The summed E-state index contributed by atoms with van der Waals surface area (Å²) in [4.78, 5) is 18.2. The standard InChI is InChI=1S/C18H22N4O3S/c1-2-26(24,25)22-12-10-21(11-13-22)17-7-5-16(6-8-17)20-18(23)15-4-3-9-19-14-15/h3-9,14H,2,10-13H2,1H3,(H,20,23). The van der Waals surface area contributed by atoms with Crippen molar-refractivity contribution in [2.45, 2.75) is 6.92 Å². The summed E-state index contributed by atoms with van der Waals surface area (Å²) in [5.74, 6) is -0.0672. The molecule has 1 aromatic carbocycles. The predicted molar refractivity (Wildman–Crippen MR) is 102 cm³/mol. The van der Waals surface area contributed by atoms with Crippen molar-refractivity contribution in [1.82, 2.24) is 9.29 Å². The first-order valence-electron chi connectivity index (χ1n) is 8.54. The van der Waals surface area contributed by atoms with E-state index in [1.54, 1.807) is 29.6 Å². The van der Waals surface area contributed by atoms with E-state index in [1.165, 1.54) is 6.20 Å². The minimum Gasteiger partial charge on any atom is -0.369 e. The number of hydrogen-bond donors (Lipinski definition) is 1. The maximum Gasteiger partial charge on any atom is 0.257 e. The van der Waals surface area contributed by atoms with Gasteiger partial charge in [-0.2, -0.15) is 4.31 Å². The fraction of sp³-hybridized carbons (Fsp3) is 0.333. The molecule has 0 bridgehead atoms. The van der Waals surface area contributed by atoms with Gasteiger partial charge in [-0.1, -0.05) is 0 Å². The highest BCUT2D eigenvalue weighted by molar-refractivity contribution is 7.89. The van der Waals surface area contributed by atoms with E-state index in [0.29, 0.717) is 37.4 Å². The van der Waals surface area contributed by atoms with Crippen LogP contribution >= 0.6 is 0 Å². The number of carbonyl (C=O) groups is 1. The van der Waals surface area contributed by atoms with E-state index in [0.717, 1.165) is 5.69 Å². The lowest BCUT2D eigenvalue weighted by Gasteiger charge is -2.35. The van der Waals surface area contributed by atoms with Gasteiger partial charge >= 0.3 is 0 Å². The van der Waals surface area contributed by atoms with Crippen LogP contribution in [-0.4, -0.2) is 55.5 Å². The molecule has 0 radical (unpaired) electrons. The lowest BCUT2D eigenvalue weighted by atomic mass is 10.2. The molecule has 26 heavy (non-hydrogen) atoms. The third-order valence-electron chi connectivity index (χ3n) is 4.41. The summed E-state index contributed by atoms with van der Waals surface area (Å²) in [6.45, 7) is 3.97. The molecule has 3 rings (SSSR count). The van der Waals surface area contributed by atoms with Crippen LogP contribution in [0.2, 0.25) is 0 Å². The fourth-order valence-corrected chi connectivity index (χ4v) is 3.95. The molecule has 8 heteroatoms. The van der Waals surface area contributed by atoms with Crippen molar-refractivity contribution in [2.75, 3.05) is 42.1 Å². The predicted octanol–water partition coefficient (Wildman–Crippen LogP) is 1.81. The minimum absolute atomic E-state index is 0.137. The Morgan fingerprint density at radius 1 is 1.12 bits per heavy atom. The number of piperazine rings is 1. The second-order valence-corrected chi connectivity index (χ2v) is 8.29. The van der Waals surface area contributed by atoms with Gasteiger partial charge in [-0.25, -0.2) is 8.42 Å². The molecule has 0 unspecified atom stereocenters. The number of nitrogens with zero attached hydrogens (tertiary/aromatic N) is 3. The number of carbonyl (C=O) groups excluding carboxylic acids is 1. The van der Waals surface area contributed by atoms with E-state index in [1.807, 2.05) is 24.3 Å². The minimum atomic E-state index is -3.12. The van der Waals surface area contributed by atoms with Crippen LogP contribution in [0.1, 0.15) is 17.3 Å². The Balaban J connectivity index is 1.59. The van der Waals surface area contributed by atoms with E-state index in [-0.39, 0.29) is 11.7 Å². The van der Waals surface area contributed by atoms with Crippen LogP contribution < -0.4 is 10.2 Å². The monoisotopic (exact) mass is 374 g/mol. The van der Waals surface area contributed by atoms with Crippen LogP contribution in [-0.2, 0) is 10.0 Å². The van der Waals surface area contributed by atoms with Gasteiger partial charge in [0.2, 0.25) is 10.0 Å². The lowest BCUT2D eigenvalue weighted by molar-refractivity contribution is 0.102. The SMILES string of the molecule is CCS(=O)(=O)N1CCN(c2ccc(NC(=O)c3cccnc3)cc2)CC1. The van der Waals surface area contributed by atoms with Gasteiger partial charge < -0.3 is 10.2 Å². The summed E-state index contributed by atoms with van der Waals surface area (Å²) < 4.78 is 25.4. The second-order valence-electron chi connectivity index (χ2n) is 6.03. The molecular weight excluding hydrogens is 352 g/mol. The van der Waals surface area contributed by atoms with E-state index < -0.39 is 10.0 Å². The van der Waals surface area contributed by atoms with Crippen molar-refractivity contribution in [3.05, 3.63) is 54.4 Å². The average Bonchev–Trinajstić information content (AvgIpc) is 2.69. The van der Waals surface area contributed by atoms with Gasteiger partial charge in [0.15, 0.2) is 0 Å². The second kappa shape index (κ2) is 7.84. The maximum absolute atomic E-state index is 12.1. The van der Waals surface area contributed by atoms with Crippen LogP contribution in [0.15, 0.2) is 48.8 Å². The Morgan fingerprint density at radius 2 is 1.81 bits per heavy atom. The van der Waals surface area contributed by atoms with Gasteiger partial charge in [-0.15, -0.1) is 0 Å². The number of pyridine rings is 1. The number of nitrogens with one attached hydrogen (secondary N) is 1. The molecule has 1 aliphatic heterocycles. The highest BCUT2D eigenvalue weighted by Gasteiger charge is 2.25. The number of aromatic nitrogens is 1. The third kappa shape index (κ3) is 4.20. The van der Waals surface area contributed by atoms with Crippen LogP contribution in [0.3, 0.4) is 0 Å². The molecule has 1 aromatic heterocycles. The largest absolute Gasteiger partial charge is 0.369 e. The molecule has 0 spiro atoms. The topological polar surface area (TPSA) is 82.6 Å². The van der Waals surface area contributed by atoms with Crippen LogP contribution in [0.5, 0.6) is 0 Å². The fourth-order valence-electron chi connectivity index (χ4n) is 2.86. The number of sulfonamides is 1. The Morgan fingerprint density at radius 3 is 2.38 bits per heavy atom. The van der Waals surface area contributed by atoms with Crippen LogP contribution in [0.25, 0.3) is 0 Å². The Kier molecular flexibility index (Phi) is 5.53. The zero-order chi connectivity index (χ0) is 18.6. The zero-order valence-electron chi connectivity index (χ0n) is 14.6. The molecule has 2 aromatic rings. The molecule has 1 amide bonds. The quantitative estimate of drug-likeness (QED) is 0.863. The first-order chi connectivity index (χ1) is 12.5. The van der Waals surface area contributed by atoms with E-state index >= 15 is 0 Å². The molecule has 0 atom stereocenters. The Labute approximate surface area is 153 Å².